The van der Waals surface area contributed by atoms with E-state index in [1.165, 1.54) is 22.5 Å². The van der Waals surface area contributed by atoms with Gasteiger partial charge in [0.2, 0.25) is 10.0 Å². The van der Waals surface area contributed by atoms with Gasteiger partial charge in [0.1, 0.15) is 0 Å². The van der Waals surface area contributed by atoms with E-state index in [0.29, 0.717) is 28.9 Å². The van der Waals surface area contributed by atoms with Crippen LogP contribution in [0.5, 0.6) is 0 Å². The molecule has 1 saturated heterocycles. The lowest BCUT2D eigenvalue weighted by molar-refractivity contribution is -0.142. The Morgan fingerprint density at radius 1 is 1.45 bits per heavy atom. The Morgan fingerprint density at radius 3 is 2.75 bits per heavy atom. The molecule has 2 rings (SSSR count). The summed E-state index contributed by atoms with van der Waals surface area (Å²) in [5.41, 5.74) is 0. The van der Waals surface area contributed by atoms with E-state index in [1.807, 2.05) is 0 Å². The molecule has 5 nitrogen and oxygen atoms in total. The second-order valence-corrected chi connectivity index (χ2v) is 7.82. The van der Waals surface area contributed by atoms with Crippen molar-refractivity contribution in [2.75, 3.05) is 13.1 Å². The number of benzene rings is 1. The molecule has 0 saturated carbocycles. The van der Waals surface area contributed by atoms with Gasteiger partial charge in [-0.15, -0.1) is 0 Å². The summed E-state index contributed by atoms with van der Waals surface area (Å²) in [5.74, 6) is -1.60. The monoisotopic (exact) mass is 381 g/mol. The summed E-state index contributed by atoms with van der Waals surface area (Å²) in [6.45, 7) is 0.351. The molecule has 110 valence electrons. The third-order valence-electron chi connectivity index (χ3n) is 3.26. The number of nitrogens with zero attached hydrogens (tertiary/aromatic N) is 1. The average Bonchev–Trinajstić information content (AvgIpc) is 2.42. The molecule has 0 aromatic heterocycles. The molecule has 0 amide bonds. The van der Waals surface area contributed by atoms with Gasteiger partial charge in [0.15, 0.2) is 0 Å². The van der Waals surface area contributed by atoms with Gasteiger partial charge >= 0.3 is 5.97 Å². The first-order chi connectivity index (χ1) is 9.32. The highest BCUT2D eigenvalue weighted by Gasteiger charge is 2.33. The van der Waals surface area contributed by atoms with Crippen LogP contribution in [-0.4, -0.2) is 36.9 Å². The Hall–Kier alpha value is -0.630. The number of carboxylic acids is 1. The maximum atomic E-state index is 12.5. The molecule has 8 heteroatoms. The van der Waals surface area contributed by atoms with Crippen LogP contribution in [0.4, 0.5) is 0 Å². The number of piperidine rings is 1. The van der Waals surface area contributed by atoms with E-state index in [1.54, 1.807) is 0 Å². The van der Waals surface area contributed by atoms with Gasteiger partial charge in [0, 0.05) is 17.6 Å². The summed E-state index contributed by atoms with van der Waals surface area (Å²) >= 11 is 9.04. The lowest BCUT2D eigenvalue weighted by atomic mass is 10.0. The largest absolute Gasteiger partial charge is 0.481 e. The Kier molecular flexibility index (Phi) is 4.73. The van der Waals surface area contributed by atoms with Gasteiger partial charge in [-0.3, -0.25) is 4.79 Å². The molecule has 1 N–H and O–H groups in total. The molecule has 0 radical (unpaired) electrons. The quantitative estimate of drug-likeness (QED) is 0.872. The SMILES string of the molecule is O=C(O)[C@@H]1CCCN(S(=O)(=O)c2ccc(Cl)c(Br)c2)C1. The normalized spacial score (nSPS) is 20.8. The van der Waals surface area contributed by atoms with Crippen LogP contribution in [0.1, 0.15) is 12.8 Å². The minimum atomic E-state index is -3.69. The Morgan fingerprint density at radius 2 is 2.15 bits per heavy atom. The van der Waals surface area contributed by atoms with Crippen molar-refractivity contribution in [2.45, 2.75) is 17.7 Å². The van der Waals surface area contributed by atoms with Gasteiger partial charge in [-0.2, -0.15) is 4.31 Å². The molecule has 1 aliphatic rings. The van der Waals surface area contributed by atoms with Crippen LogP contribution in [0.25, 0.3) is 0 Å². The van der Waals surface area contributed by atoms with Crippen molar-refractivity contribution in [1.82, 2.24) is 4.31 Å². The van der Waals surface area contributed by atoms with E-state index in [9.17, 15) is 13.2 Å². The number of hydrogen-bond acceptors (Lipinski definition) is 3. The minimum Gasteiger partial charge on any atom is -0.481 e. The molecule has 1 heterocycles. The molecule has 0 bridgehead atoms. The molecule has 0 aliphatic carbocycles. The summed E-state index contributed by atoms with van der Waals surface area (Å²) in [7, 11) is -3.69. The lowest BCUT2D eigenvalue weighted by Gasteiger charge is -2.29. The zero-order valence-electron chi connectivity index (χ0n) is 10.4. The Labute approximate surface area is 130 Å². The molecule has 1 aliphatic heterocycles. The number of rotatable bonds is 3. The third-order valence-corrected chi connectivity index (χ3v) is 6.34. The van der Waals surface area contributed by atoms with Crippen molar-refractivity contribution in [3.63, 3.8) is 0 Å². The summed E-state index contributed by atoms with van der Waals surface area (Å²) in [4.78, 5) is 11.1. The van der Waals surface area contributed by atoms with Crippen LogP contribution >= 0.6 is 27.5 Å². The smallest absolute Gasteiger partial charge is 0.307 e. The molecule has 1 fully saturated rings. The van der Waals surface area contributed by atoms with Crippen LogP contribution in [0.15, 0.2) is 27.6 Å². The number of carboxylic acid groups (broad SMARTS) is 1. The molecule has 1 atom stereocenters. The van der Waals surface area contributed by atoms with Gasteiger partial charge < -0.3 is 5.11 Å². The fourth-order valence-corrected chi connectivity index (χ4v) is 4.35. The van der Waals surface area contributed by atoms with E-state index in [2.05, 4.69) is 15.9 Å². The summed E-state index contributed by atoms with van der Waals surface area (Å²) < 4.78 is 26.7. The zero-order valence-corrected chi connectivity index (χ0v) is 13.6. The minimum absolute atomic E-state index is 0.0118. The van der Waals surface area contributed by atoms with Gasteiger partial charge in [-0.05, 0) is 47.0 Å². The van der Waals surface area contributed by atoms with Gasteiger partial charge in [-0.1, -0.05) is 11.6 Å². The number of aliphatic carboxylic acids is 1. The number of hydrogen-bond donors (Lipinski definition) is 1. The number of halogens is 2. The first-order valence-electron chi connectivity index (χ1n) is 6.00. The summed E-state index contributed by atoms with van der Waals surface area (Å²) in [6.07, 6.45) is 1.05. The molecule has 0 spiro atoms. The molecular weight excluding hydrogens is 370 g/mol. The standard InChI is InChI=1S/C12H13BrClNO4S/c13-10-6-9(3-4-11(10)14)20(18,19)15-5-1-2-8(7-15)12(16)17/h3-4,6,8H,1-2,5,7H2,(H,16,17)/t8-/m1/s1. The second-order valence-electron chi connectivity index (χ2n) is 4.62. The Balaban J connectivity index is 2.29. The van der Waals surface area contributed by atoms with E-state index in [0.717, 1.165) is 0 Å². The van der Waals surface area contributed by atoms with Gasteiger partial charge in [0.05, 0.1) is 15.8 Å². The Bertz CT molecular complexity index is 634. The molecule has 1 aromatic carbocycles. The fraction of sp³-hybridized carbons (Fsp3) is 0.417. The van der Waals surface area contributed by atoms with Crippen LogP contribution in [0, 0.1) is 5.92 Å². The van der Waals surface area contributed by atoms with Crippen molar-refractivity contribution in [3.8, 4) is 0 Å². The molecular formula is C12H13BrClNO4S. The topological polar surface area (TPSA) is 74.7 Å². The van der Waals surface area contributed by atoms with Crippen LogP contribution in [0.3, 0.4) is 0 Å². The van der Waals surface area contributed by atoms with E-state index < -0.39 is 21.9 Å². The highest BCUT2D eigenvalue weighted by Crippen LogP contribution is 2.29. The first kappa shape index (κ1) is 15.8. The van der Waals surface area contributed by atoms with Crippen molar-refractivity contribution < 1.29 is 18.3 Å². The summed E-state index contributed by atoms with van der Waals surface area (Å²) in [5, 5.41) is 9.45. The van der Waals surface area contributed by atoms with Gasteiger partial charge in [-0.25, -0.2) is 8.42 Å². The van der Waals surface area contributed by atoms with Crippen molar-refractivity contribution in [1.29, 1.82) is 0 Å². The predicted octanol–water partition coefficient (Wildman–Crippen LogP) is 2.59. The van der Waals surface area contributed by atoms with Crippen molar-refractivity contribution >= 4 is 43.5 Å². The second kappa shape index (κ2) is 6.01. The zero-order chi connectivity index (χ0) is 14.9. The maximum Gasteiger partial charge on any atom is 0.307 e. The van der Waals surface area contributed by atoms with Gasteiger partial charge in [0.25, 0.3) is 0 Å². The van der Waals surface area contributed by atoms with Crippen molar-refractivity contribution in [3.05, 3.63) is 27.7 Å². The van der Waals surface area contributed by atoms with Crippen LogP contribution in [0.2, 0.25) is 5.02 Å². The highest BCUT2D eigenvalue weighted by molar-refractivity contribution is 9.10. The maximum absolute atomic E-state index is 12.5. The van der Waals surface area contributed by atoms with Crippen LogP contribution in [-0.2, 0) is 14.8 Å². The van der Waals surface area contributed by atoms with E-state index >= 15 is 0 Å². The average molecular weight is 383 g/mol. The fourth-order valence-electron chi connectivity index (χ4n) is 2.15. The van der Waals surface area contributed by atoms with Crippen LogP contribution < -0.4 is 0 Å². The van der Waals surface area contributed by atoms with Crippen molar-refractivity contribution in [2.24, 2.45) is 5.92 Å². The molecule has 20 heavy (non-hydrogen) atoms. The van der Waals surface area contributed by atoms with E-state index in [4.69, 9.17) is 16.7 Å². The molecule has 1 aromatic rings. The summed E-state index contributed by atoms with van der Waals surface area (Å²) in [6, 6.07) is 4.35. The number of sulfonamides is 1. The number of carbonyl (C=O) groups is 1. The molecule has 0 unspecified atom stereocenters. The lowest BCUT2D eigenvalue weighted by Crippen LogP contribution is -2.42. The third kappa shape index (κ3) is 3.16. The first-order valence-corrected chi connectivity index (χ1v) is 8.61. The predicted molar refractivity (Wildman–Crippen MR) is 78.3 cm³/mol. The highest BCUT2D eigenvalue weighted by atomic mass is 79.9. The van der Waals surface area contributed by atoms with E-state index in [-0.39, 0.29) is 11.4 Å².